The molecule has 0 aliphatic carbocycles. The summed E-state index contributed by atoms with van der Waals surface area (Å²) >= 11 is 0. The molecule has 0 fully saturated rings. The van der Waals surface area contributed by atoms with Crippen LogP contribution in [0.4, 0.5) is 0 Å². The van der Waals surface area contributed by atoms with Crippen LogP contribution in [0.15, 0.2) is 94.8 Å². The largest absolute Gasteiger partial charge is 0.334 e. The zero-order valence-corrected chi connectivity index (χ0v) is 22.4. The van der Waals surface area contributed by atoms with Gasteiger partial charge >= 0.3 is 5.69 Å². The first-order valence-electron chi connectivity index (χ1n) is 13.0. The molecule has 0 amide bonds. The van der Waals surface area contributed by atoms with Crippen LogP contribution in [0, 0.1) is 5.41 Å². The van der Waals surface area contributed by atoms with E-state index in [1.165, 1.54) is 4.57 Å². The Morgan fingerprint density at radius 3 is 2.30 bits per heavy atom. The van der Waals surface area contributed by atoms with Gasteiger partial charge < -0.3 is 4.57 Å². The Hall–Kier alpha value is -5.12. The molecule has 3 aromatic heterocycles. The number of hydrogen-bond donors (Lipinski definition) is 1. The lowest BCUT2D eigenvalue weighted by molar-refractivity contribution is 0.394. The smallest absolute Gasteiger partial charge is 0.318 e. The molecule has 0 aliphatic heterocycles. The predicted molar refractivity (Wildman–Crippen MR) is 153 cm³/mol. The number of hydrogen-bond acceptors (Lipinski definition) is 6. The lowest BCUT2D eigenvalue weighted by Gasteiger charge is -2.19. The van der Waals surface area contributed by atoms with Crippen molar-refractivity contribution in [2.45, 2.75) is 33.7 Å². The number of aromatic amines is 1. The number of para-hydroxylation sites is 2. The van der Waals surface area contributed by atoms with Gasteiger partial charge in [-0.1, -0.05) is 81.4 Å². The number of H-pyrrole nitrogens is 1. The number of nitrogens with zero attached hydrogens (tertiary/aromatic N) is 7. The van der Waals surface area contributed by atoms with E-state index < -0.39 is 11.2 Å². The van der Waals surface area contributed by atoms with E-state index in [0.717, 1.165) is 28.2 Å². The number of benzene rings is 3. The summed E-state index contributed by atoms with van der Waals surface area (Å²) in [6.45, 7) is 6.79. The van der Waals surface area contributed by atoms with Gasteiger partial charge in [-0.25, -0.2) is 14.3 Å². The molecule has 3 heterocycles. The first-order chi connectivity index (χ1) is 19.3. The second kappa shape index (κ2) is 9.88. The lowest BCUT2D eigenvalue weighted by atomic mass is 9.92. The first kappa shape index (κ1) is 25.2. The summed E-state index contributed by atoms with van der Waals surface area (Å²) in [7, 11) is 0. The van der Waals surface area contributed by atoms with Crippen molar-refractivity contribution in [3.63, 3.8) is 0 Å². The van der Waals surface area contributed by atoms with Crippen LogP contribution in [-0.2, 0) is 13.0 Å². The van der Waals surface area contributed by atoms with E-state index in [-0.39, 0.29) is 5.41 Å². The van der Waals surface area contributed by atoms with Gasteiger partial charge in [0, 0.05) is 18.5 Å². The van der Waals surface area contributed by atoms with Gasteiger partial charge in [-0.3, -0.25) is 9.78 Å². The summed E-state index contributed by atoms with van der Waals surface area (Å²) in [5, 5.41) is 11.6. The quantitative estimate of drug-likeness (QED) is 0.344. The van der Waals surface area contributed by atoms with Gasteiger partial charge in [-0.2, -0.15) is 4.68 Å². The Kier molecular flexibility index (Phi) is 6.22. The zero-order chi connectivity index (χ0) is 27.9. The van der Waals surface area contributed by atoms with Crippen LogP contribution < -0.4 is 11.2 Å². The number of aromatic nitrogens is 8. The van der Waals surface area contributed by atoms with E-state index in [9.17, 15) is 9.59 Å². The number of imidazole rings is 1. The molecular formula is C30H28N8O2. The first-order valence-corrected chi connectivity index (χ1v) is 13.0. The highest BCUT2D eigenvalue weighted by Gasteiger charge is 2.22. The van der Waals surface area contributed by atoms with Crippen LogP contribution in [0.5, 0.6) is 0 Å². The van der Waals surface area contributed by atoms with Crippen LogP contribution in [0.2, 0.25) is 0 Å². The highest BCUT2D eigenvalue weighted by molar-refractivity contribution is 5.73. The minimum absolute atomic E-state index is 0.0817. The second-order valence-electron chi connectivity index (χ2n) is 10.9. The Morgan fingerprint density at radius 2 is 1.60 bits per heavy atom. The summed E-state index contributed by atoms with van der Waals surface area (Å²) in [4.78, 5) is 34.3. The van der Waals surface area contributed by atoms with Crippen molar-refractivity contribution in [1.82, 2.24) is 39.3 Å². The predicted octanol–water partition coefficient (Wildman–Crippen LogP) is 4.16. The maximum atomic E-state index is 13.8. The van der Waals surface area contributed by atoms with Crippen LogP contribution in [0.1, 0.15) is 32.2 Å². The SMILES string of the molecule is CC(C)(C)Cc1nc2[nH]c(=O)n(-c3ccccc3)c(=O)c2n1Cc1ccc(-c2ccccc2-n2cnnn2)cc1. The fourth-order valence-electron chi connectivity index (χ4n) is 4.91. The molecule has 0 bridgehead atoms. The minimum atomic E-state index is -0.513. The van der Waals surface area contributed by atoms with E-state index in [0.29, 0.717) is 29.8 Å². The van der Waals surface area contributed by atoms with E-state index in [1.54, 1.807) is 35.3 Å². The van der Waals surface area contributed by atoms with Gasteiger partial charge in [0.15, 0.2) is 11.2 Å². The Bertz CT molecular complexity index is 1910. The van der Waals surface area contributed by atoms with Crippen molar-refractivity contribution >= 4 is 11.2 Å². The van der Waals surface area contributed by atoms with Gasteiger partial charge in [0.05, 0.1) is 11.4 Å². The van der Waals surface area contributed by atoms with Crippen molar-refractivity contribution in [3.05, 3.63) is 117 Å². The van der Waals surface area contributed by atoms with Crippen molar-refractivity contribution in [2.24, 2.45) is 5.41 Å². The minimum Gasteiger partial charge on any atom is -0.318 e. The number of nitrogens with one attached hydrogen (secondary N) is 1. The van der Waals surface area contributed by atoms with Crippen molar-refractivity contribution in [1.29, 1.82) is 0 Å². The van der Waals surface area contributed by atoms with E-state index >= 15 is 0 Å². The van der Waals surface area contributed by atoms with Crippen LogP contribution in [0.25, 0.3) is 33.7 Å². The fourth-order valence-corrected chi connectivity index (χ4v) is 4.91. The number of fused-ring (bicyclic) bond motifs is 1. The Morgan fingerprint density at radius 1 is 0.875 bits per heavy atom. The van der Waals surface area contributed by atoms with Gasteiger partial charge in [0.25, 0.3) is 5.56 Å². The highest BCUT2D eigenvalue weighted by atomic mass is 16.2. The molecule has 0 saturated carbocycles. The third kappa shape index (κ3) is 4.75. The van der Waals surface area contributed by atoms with Crippen LogP contribution in [0.3, 0.4) is 0 Å². The van der Waals surface area contributed by atoms with E-state index in [2.05, 4.69) is 41.3 Å². The average Bonchev–Trinajstić information content (AvgIpc) is 3.58. The standard InChI is InChI=1S/C30H28N8O2/c1-30(2,3)17-25-32-27-26(28(39)38(29(40)33-27)22-9-5-4-6-10-22)36(25)18-20-13-15-21(16-14-20)23-11-7-8-12-24(23)37-19-31-34-35-37/h4-16,19H,17-18H2,1-3H3,(H,33,40). The maximum Gasteiger partial charge on any atom is 0.334 e. The number of rotatable bonds is 6. The molecule has 0 unspecified atom stereocenters. The molecule has 0 radical (unpaired) electrons. The van der Waals surface area contributed by atoms with Gasteiger partial charge in [-0.15, -0.1) is 5.10 Å². The zero-order valence-electron chi connectivity index (χ0n) is 22.4. The van der Waals surface area contributed by atoms with E-state index in [1.807, 2.05) is 59.2 Å². The summed E-state index contributed by atoms with van der Waals surface area (Å²) in [6, 6.07) is 25.0. The third-order valence-corrected chi connectivity index (χ3v) is 6.69. The Labute approximate surface area is 229 Å². The van der Waals surface area contributed by atoms with Gasteiger partial charge in [-0.05, 0) is 45.2 Å². The highest BCUT2D eigenvalue weighted by Crippen LogP contribution is 2.27. The van der Waals surface area contributed by atoms with Crippen molar-refractivity contribution < 1.29 is 0 Å². The second-order valence-corrected chi connectivity index (χ2v) is 10.9. The molecule has 10 nitrogen and oxygen atoms in total. The molecule has 3 aromatic carbocycles. The van der Waals surface area contributed by atoms with Crippen molar-refractivity contribution in [3.8, 4) is 22.5 Å². The summed E-state index contributed by atoms with van der Waals surface area (Å²) in [6.07, 6.45) is 2.20. The fraction of sp³-hybridized carbons (Fsp3) is 0.200. The van der Waals surface area contributed by atoms with E-state index in [4.69, 9.17) is 4.98 Å². The monoisotopic (exact) mass is 532 g/mol. The molecule has 0 aliphatic rings. The molecule has 10 heteroatoms. The third-order valence-electron chi connectivity index (χ3n) is 6.69. The number of tetrazole rings is 1. The van der Waals surface area contributed by atoms with Crippen molar-refractivity contribution in [2.75, 3.05) is 0 Å². The molecular weight excluding hydrogens is 504 g/mol. The summed E-state index contributed by atoms with van der Waals surface area (Å²) in [5.41, 5.74) is 4.05. The molecule has 0 saturated heterocycles. The summed E-state index contributed by atoms with van der Waals surface area (Å²) in [5.74, 6) is 0.745. The molecule has 200 valence electrons. The molecule has 0 spiro atoms. The van der Waals surface area contributed by atoms with Crippen LogP contribution in [-0.4, -0.2) is 39.3 Å². The lowest BCUT2D eigenvalue weighted by Crippen LogP contribution is -2.34. The molecule has 0 atom stereocenters. The molecule has 1 N–H and O–H groups in total. The summed E-state index contributed by atoms with van der Waals surface area (Å²) < 4.78 is 4.74. The normalized spacial score (nSPS) is 11.8. The molecule has 6 rings (SSSR count). The van der Waals surface area contributed by atoms with Gasteiger partial charge in [0.1, 0.15) is 12.2 Å². The molecule has 6 aromatic rings. The molecule has 40 heavy (non-hydrogen) atoms. The maximum absolute atomic E-state index is 13.8. The van der Waals surface area contributed by atoms with Gasteiger partial charge in [0.2, 0.25) is 0 Å². The average molecular weight is 533 g/mol. The Balaban J connectivity index is 1.44. The van der Waals surface area contributed by atoms with Crippen LogP contribution >= 0.6 is 0 Å². The topological polar surface area (TPSA) is 116 Å².